The maximum Gasteiger partial charge on any atom is 0.284 e. The summed E-state index contributed by atoms with van der Waals surface area (Å²) in [5.41, 5.74) is 2.65. The highest BCUT2D eigenvalue weighted by molar-refractivity contribution is 7.98. The van der Waals surface area contributed by atoms with E-state index in [-0.39, 0.29) is 5.56 Å². The Morgan fingerprint density at radius 3 is 2.70 bits per heavy atom. The first-order chi connectivity index (χ1) is 13.2. The van der Waals surface area contributed by atoms with Crippen molar-refractivity contribution in [2.45, 2.75) is 12.1 Å². The van der Waals surface area contributed by atoms with E-state index in [9.17, 15) is 4.79 Å². The molecule has 0 aliphatic heterocycles. The zero-order chi connectivity index (χ0) is 18.5. The molecule has 0 radical (unpaired) electrons. The number of para-hydroxylation sites is 1. The van der Waals surface area contributed by atoms with Gasteiger partial charge in [0.05, 0.1) is 5.52 Å². The van der Waals surface area contributed by atoms with Crippen LogP contribution in [0.15, 0.2) is 58.7 Å². The summed E-state index contributed by atoms with van der Waals surface area (Å²) in [6.07, 6.45) is 5.17. The van der Waals surface area contributed by atoms with Gasteiger partial charge in [0, 0.05) is 17.8 Å². The van der Waals surface area contributed by atoms with E-state index >= 15 is 0 Å². The summed E-state index contributed by atoms with van der Waals surface area (Å²) in [6.45, 7) is 1.99. The fourth-order valence-corrected chi connectivity index (χ4v) is 3.56. The molecule has 0 spiro atoms. The number of thioether (sulfide) groups is 1. The summed E-state index contributed by atoms with van der Waals surface area (Å²) in [5.74, 6) is 0.658. The van der Waals surface area contributed by atoms with Crippen LogP contribution in [0.5, 0.6) is 0 Å². The van der Waals surface area contributed by atoms with Gasteiger partial charge in [-0.2, -0.15) is 4.52 Å². The molecule has 0 unspecified atom stereocenters. The van der Waals surface area contributed by atoms with Crippen molar-refractivity contribution in [1.82, 2.24) is 29.1 Å². The van der Waals surface area contributed by atoms with Gasteiger partial charge in [-0.05, 0) is 43.0 Å². The fourth-order valence-electron chi connectivity index (χ4n) is 3.23. The summed E-state index contributed by atoms with van der Waals surface area (Å²) in [6, 6.07) is 11.6. The number of aryl methyl sites for hydroxylation is 1. The van der Waals surface area contributed by atoms with Gasteiger partial charge in [-0.3, -0.25) is 4.79 Å². The molecular formula is C19H14N6OS. The normalized spacial score (nSPS) is 11.6. The maximum atomic E-state index is 13.3. The molecule has 8 heteroatoms. The van der Waals surface area contributed by atoms with Crippen LogP contribution >= 0.6 is 11.8 Å². The van der Waals surface area contributed by atoms with Crippen molar-refractivity contribution < 1.29 is 0 Å². The van der Waals surface area contributed by atoms with Gasteiger partial charge in [-0.25, -0.2) is 24.6 Å². The lowest BCUT2D eigenvalue weighted by molar-refractivity contribution is 0.770. The molecule has 0 amide bonds. The van der Waals surface area contributed by atoms with Gasteiger partial charge < -0.3 is 0 Å². The van der Waals surface area contributed by atoms with Crippen LogP contribution in [0.25, 0.3) is 33.4 Å². The van der Waals surface area contributed by atoms with E-state index in [0.717, 1.165) is 16.5 Å². The zero-order valence-corrected chi connectivity index (χ0v) is 15.4. The fraction of sp³-hybridized carbons (Fsp3) is 0.105. The van der Waals surface area contributed by atoms with Crippen LogP contribution in [0.3, 0.4) is 0 Å². The van der Waals surface area contributed by atoms with Gasteiger partial charge >= 0.3 is 0 Å². The lowest BCUT2D eigenvalue weighted by atomic mass is 10.2. The monoisotopic (exact) mass is 374 g/mol. The number of pyridine rings is 1. The number of fused-ring (bicyclic) bond motifs is 4. The molecule has 0 bridgehead atoms. The molecular weight excluding hydrogens is 360 g/mol. The van der Waals surface area contributed by atoms with Gasteiger partial charge in [0.25, 0.3) is 5.56 Å². The lowest BCUT2D eigenvalue weighted by Crippen LogP contribution is -2.22. The SMILES string of the molecule is CSc1ncc2c(=O)n3c(nc2n1)c1ccccc1n3-c1cc(C)ccn1. The van der Waals surface area contributed by atoms with Crippen LogP contribution in [0.4, 0.5) is 0 Å². The van der Waals surface area contributed by atoms with E-state index in [4.69, 9.17) is 4.98 Å². The topological polar surface area (TPSA) is 78.0 Å². The molecule has 1 aromatic carbocycles. The number of hydrogen-bond acceptors (Lipinski definition) is 6. The Balaban J connectivity index is 2.02. The van der Waals surface area contributed by atoms with Crippen molar-refractivity contribution in [2.75, 3.05) is 6.26 Å². The van der Waals surface area contributed by atoms with Crippen LogP contribution < -0.4 is 5.56 Å². The minimum absolute atomic E-state index is 0.220. The minimum Gasteiger partial charge on any atom is -0.266 e. The summed E-state index contributed by atoms with van der Waals surface area (Å²) in [5, 5.41) is 1.83. The predicted molar refractivity (Wildman–Crippen MR) is 106 cm³/mol. The Bertz CT molecular complexity index is 1400. The first-order valence-electron chi connectivity index (χ1n) is 8.33. The Morgan fingerprint density at radius 1 is 1.04 bits per heavy atom. The molecule has 0 fully saturated rings. The van der Waals surface area contributed by atoms with Crippen molar-refractivity contribution in [2.24, 2.45) is 0 Å². The van der Waals surface area contributed by atoms with Crippen LogP contribution in [-0.4, -0.2) is 35.4 Å². The van der Waals surface area contributed by atoms with Gasteiger partial charge in [0.1, 0.15) is 5.39 Å². The van der Waals surface area contributed by atoms with E-state index < -0.39 is 0 Å². The van der Waals surface area contributed by atoms with Crippen molar-refractivity contribution in [3.05, 3.63) is 64.7 Å². The number of rotatable bonds is 2. The lowest BCUT2D eigenvalue weighted by Gasteiger charge is -2.08. The molecule has 7 nitrogen and oxygen atoms in total. The first kappa shape index (κ1) is 16.0. The van der Waals surface area contributed by atoms with Gasteiger partial charge in [0.15, 0.2) is 22.3 Å². The van der Waals surface area contributed by atoms with Crippen molar-refractivity contribution in [1.29, 1.82) is 0 Å². The Morgan fingerprint density at radius 2 is 1.89 bits per heavy atom. The van der Waals surface area contributed by atoms with E-state index in [1.807, 2.05) is 49.6 Å². The second-order valence-corrected chi connectivity index (χ2v) is 6.94. The number of nitrogens with zero attached hydrogens (tertiary/aromatic N) is 6. The van der Waals surface area contributed by atoms with Gasteiger partial charge in [0.2, 0.25) is 0 Å². The van der Waals surface area contributed by atoms with Crippen LogP contribution in [0, 0.1) is 6.92 Å². The molecule has 5 rings (SSSR count). The summed E-state index contributed by atoms with van der Waals surface area (Å²) in [4.78, 5) is 31.1. The molecule has 0 N–H and O–H groups in total. The largest absolute Gasteiger partial charge is 0.284 e. The molecule has 0 atom stereocenters. The maximum absolute atomic E-state index is 13.3. The van der Waals surface area contributed by atoms with Crippen molar-refractivity contribution in [3.63, 3.8) is 0 Å². The number of aromatic nitrogens is 6. The van der Waals surface area contributed by atoms with E-state index in [2.05, 4.69) is 15.0 Å². The molecule has 0 saturated heterocycles. The second-order valence-electron chi connectivity index (χ2n) is 6.17. The van der Waals surface area contributed by atoms with E-state index in [1.54, 1.807) is 21.6 Å². The highest BCUT2D eigenvalue weighted by Crippen LogP contribution is 2.24. The van der Waals surface area contributed by atoms with Crippen LogP contribution in [0.2, 0.25) is 0 Å². The van der Waals surface area contributed by atoms with Gasteiger partial charge in [-0.15, -0.1) is 0 Å². The molecule has 0 aliphatic carbocycles. The molecule has 0 saturated carbocycles. The van der Waals surface area contributed by atoms with Crippen LogP contribution in [-0.2, 0) is 0 Å². The third kappa shape index (κ3) is 2.33. The molecule has 0 aliphatic rings. The smallest absolute Gasteiger partial charge is 0.266 e. The Hall–Kier alpha value is -3.26. The zero-order valence-electron chi connectivity index (χ0n) is 14.6. The van der Waals surface area contributed by atoms with Crippen molar-refractivity contribution >= 4 is 39.3 Å². The molecule has 4 aromatic heterocycles. The molecule has 4 heterocycles. The van der Waals surface area contributed by atoms with Crippen molar-refractivity contribution in [3.8, 4) is 5.82 Å². The molecule has 27 heavy (non-hydrogen) atoms. The highest BCUT2D eigenvalue weighted by Gasteiger charge is 2.18. The quantitative estimate of drug-likeness (QED) is 0.349. The molecule has 132 valence electrons. The third-order valence-corrected chi connectivity index (χ3v) is 5.02. The molecule has 5 aromatic rings. The Labute approximate surface area is 157 Å². The highest BCUT2D eigenvalue weighted by atomic mass is 32.2. The number of benzene rings is 1. The average molecular weight is 374 g/mol. The van der Waals surface area contributed by atoms with Gasteiger partial charge in [-0.1, -0.05) is 23.9 Å². The van der Waals surface area contributed by atoms with E-state index in [0.29, 0.717) is 27.7 Å². The van der Waals surface area contributed by atoms with E-state index in [1.165, 1.54) is 11.8 Å². The predicted octanol–water partition coefficient (Wildman–Crippen LogP) is 3.01. The standard InChI is InChI=1S/C19H14N6OS/c1-11-7-8-20-15(9-11)24-14-6-4-3-5-12(14)17-22-16-13(18(26)25(17)24)10-21-19(23-16)27-2/h3-10H,1-2H3. The average Bonchev–Trinajstić information content (AvgIpc) is 3.02. The Kier molecular flexibility index (Phi) is 3.48. The first-order valence-corrected chi connectivity index (χ1v) is 9.56. The second kappa shape index (κ2) is 5.88. The summed E-state index contributed by atoms with van der Waals surface area (Å²) in [7, 11) is 0. The minimum atomic E-state index is -0.220. The summed E-state index contributed by atoms with van der Waals surface area (Å²) < 4.78 is 3.35. The van der Waals surface area contributed by atoms with Crippen LogP contribution in [0.1, 0.15) is 5.56 Å². The third-order valence-electron chi connectivity index (χ3n) is 4.46. The number of hydrogen-bond donors (Lipinski definition) is 0. The summed E-state index contributed by atoms with van der Waals surface area (Å²) >= 11 is 1.42.